The highest BCUT2D eigenvalue weighted by Gasteiger charge is 2.25. The zero-order chi connectivity index (χ0) is 20.5. The molecule has 0 unspecified atom stereocenters. The Bertz CT molecular complexity index is 1160. The van der Waals surface area contributed by atoms with Gasteiger partial charge >= 0.3 is 5.69 Å². The number of sulfonamides is 1. The van der Waals surface area contributed by atoms with E-state index in [0.29, 0.717) is 0 Å². The summed E-state index contributed by atoms with van der Waals surface area (Å²) in [5.74, 6) is -0.366. The summed E-state index contributed by atoms with van der Waals surface area (Å²) >= 11 is 0. The molecule has 0 bridgehead atoms. The molecule has 0 atom stereocenters. The third-order valence-electron chi connectivity index (χ3n) is 4.34. The van der Waals surface area contributed by atoms with E-state index in [0.717, 1.165) is 44.6 Å². The van der Waals surface area contributed by atoms with Crippen LogP contribution >= 0.6 is 0 Å². The number of hydrogen-bond acceptors (Lipinski definition) is 5. The number of rotatable bonds is 6. The van der Waals surface area contributed by atoms with E-state index < -0.39 is 26.5 Å². The lowest BCUT2D eigenvalue weighted by molar-refractivity contribution is -0.387. The van der Waals surface area contributed by atoms with E-state index in [1.165, 1.54) is 7.05 Å². The Morgan fingerprint density at radius 2 is 1.75 bits per heavy atom. The van der Waals surface area contributed by atoms with Gasteiger partial charge in [-0.25, -0.2) is 8.42 Å². The van der Waals surface area contributed by atoms with Crippen molar-refractivity contribution in [2.75, 3.05) is 14.2 Å². The Morgan fingerprint density at radius 1 is 1.07 bits per heavy atom. The van der Waals surface area contributed by atoms with Gasteiger partial charge in [-0.3, -0.25) is 10.1 Å². The van der Waals surface area contributed by atoms with E-state index in [2.05, 4.69) is 0 Å². The first-order valence-electron chi connectivity index (χ1n) is 8.19. The number of halogens is 1. The van der Waals surface area contributed by atoms with Gasteiger partial charge in [0.1, 0.15) is 5.75 Å². The largest absolute Gasteiger partial charge is 0.497 e. The second-order valence-corrected chi connectivity index (χ2v) is 8.22. The quantitative estimate of drug-likeness (QED) is 0.461. The molecule has 0 saturated heterocycles. The highest BCUT2D eigenvalue weighted by Crippen LogP contribution is 2.26. The second kappa shape index (κ2) is 7.53. The molecule has 3 aromatic carbocycles. The molecule has 0 aliphatic rings. The average molecular weight is 404 g/mol. The fourth-order valence-corrected chi connectivity index (χ4v) is 3.99. The summed E-state index contributed by atoms with van der Waals surface area (Å²) in [6.07, 6.45) is 0. The average Bonchev–Trinajstić information content (AvgIpc) is 2.67. The maximum atomic E-state index is 13.5. The molecule has 3 aromatic rings. The molecular formula is C19H17FN2O5S. The Morgan fingerprint density at radius 3 is 2.43 bits per heavy atom. The molecule has 0 aromatic heterocycles. The van der Waals surface area contributed by atoms with Gasteiger partial charge in [0.15, 0.2) is 0 Å². The van der Waals surface area contributed by atoms with E-state index in [1.54, 1.807) is 13.2 Å². The minimum Gasteiger partial charge on any atom is -0.497 e. The smallest absolute Gasteiger partial charge is 0.306 e. The van der Waals surface area contributed by atoms with Crippen molar-refractivity contribution in [3.05, 3.63) is 76.1 Å². The van der Waals surface area contributed by atoms with Crippen LogP contribution in [0.2, 0.25) is 0 Å². The summed E-state index contributed by atoms with van der Waals surface area (Å²) in [6.45, 7) is 0.0511. The van der Waals surface area contributed by atoms with Gasteiger partial charge in [0, 0.05) is 19.7 Å². The monoisotopic (exact) mass is 404 g/mol. The van der Waals surface area contributed by atoms with E-state index in [4.69, 9.17) is 4.74 Å². The highest BCUT2D eigenvalue weighted by molar-refractivity contribution is 7.89. The van der Waals surface area contributed by atoms with E-state index in [-0.39, 0.29) is 11.4 Å². The highest BCUT2D eigenvalue weighted by atomic mass is 32.2. The van der Waals surface area contributed by atoms with Crippen LogP contribution in [0.5, 0.6) is 5.75 Å². The molecule has 0 N–H and O–H groups in total. The molecule has 28 heavy (non-hydrogen) atoms. The number of ether oxygens (including phenoxy) is 1. The van der Waals surface area contributed by atoms with Crippen LogP contribution < -0.4 is 4.74 Å². The summed E-state index contributed by atoms with van der Waals surface area (Å²) < 4.78 is 45.2. The number of nitro benzene ring substituents is 1. The molecule has 0 saturated carbocycles. The first-order valence-corrected chi connectivity index (χ1v) is 9.63. The third kappa shape index (κ3) is 3.80. The van der Waals surface area contributed by atoms with Crippen molar-refractivity contribution in [3.8, 4) is 5.75 Å². The van der Waals surface area contributed by atoms with Crippen molar-refractivity contribution in [2.24, 2.45) is 0 Å². The van der Waals surface area contributed by atoms with Gasteiger partial charge < -0.3 is 4.74 Å². The van der Waals surface area contributed by atoms with Gasteiger partial charge in [0.2, 0.25) is 15.8 Å². The minimum absolute atomic E-state index is 0.0511. The van der Waals surface area contributed by atoms with Crippen LogP contribution in [0.1, 0.15) is 5.56 Å². The molecule has 9 heteroatoms. The number of benzene rings is 3. The minimum atomic E-state index is -4.03. The summed E-state index contributed by atoms with van der Waals surface area (Å²) in [4.78, 5) is 9.59. The van der Waals surface area contributed by atoms with Gasteiger partial charge in [0.05, 0.1) is 16.9 Å². The second-order valence-electron chi connectivity index (χ2n) is 6.18. The first-order chi connectivity index (χ1) is 13.2. The van der Waals surface area contributed by atoms with Crippen molar-refractivity contribution in [3.63, 3.8) is 0 Å². The van der Waals surface area contributed by atoms with Crippen molar-refractivity contribution in [2.45, 2.75) is 11.4 Å². The summed E-state index contributed by atoms with van der Waals surface area (Å²) in [7, 11) is -1.09. The molecule has 146 valence electrons. The van der Waals surface area contributed by atoms with Crippen LogP contribution in [0.25, 0.3) is 10.8 Å². The standard InChI is InChI=1S/C19H17FN2O5S/c1-21(28(25,26)17-7-8-18(20)19(11-17)22(23)24)12-13-3-4-15-10-16(27-2)6-5-14(15)9-13/h3-11H,12H2,1-2H3. The lowest BCUT2D eigenvalue weighted by Gasteiger charge is -2.17. The van der Waals surface area contributed by atoms with Crippen molar-refractivity contribution in [1.29, 1.82) is 0 Å². The fourth-order valence-electron chi connectivity index (χ4n) is 2.81. The number of hydrogen-bond donors (Lipinski definition) is 0. The zero-order valence-corrected chi connectivity index (χ0v) is 15.9. The predicted octanol–water partition coefficient (Wildman–Crippen LogP) is 3.72. The molecular weight excluding hydrogens is 387 g/mol. The predicted molar refractivity (Wildman–Crippen MR) is 102 cm³/mol. The number of nitrogens with zero attached hydrogens (tertiary/aromatic N) is 2. The molecule has 3 rings (SSSR count). The van der Waals surface area contributed by atoms with E-state index in [1.807, 2.05) is 30.3 Å². The maximum Gasteiger partial charge on any atom is 0.306 e. The van der Waals surface area contributed by atoms with E-state index >= 15 is 0 Å². The van der Waals surface area contributed by atoms with Crippen LogP contribution in [-0.2, 0) is 16.6 Å². The van der Waals surface area contributed by atoms with Crippen molar-refractivity contribution < 1.29 is 22.5 Å². The number of methoxy groups -OCH3 is 1. The van der Waals surface area contributed by atoms with Gasteiger partial charge in [0.25, 0.3) is 0 Å². The molecule has 0 aliphatic carbocycles. The van der Waals surface area contributed by atoms with Gasteiger partial charge in [-0.1, -0.05) is 18.2 Å². The van der Waals surface area contributed by atoms with Gasteiger partial charge in [-0.2, -0.15) is 8.70 Å². The Labute approximate surface area is 161 Å². The summed E-state index contributed by atoms with van der Waals surface area (Å²) in [6, 6.07) is 13.6. The Kier molecular flexibility index (Phi) is 5.30. The van der Waals surface area contributed by atoms with Crippen molar-refractivity contribution in [1.82, 2.24) is 4.31 Å². The molecule has 0 aliphatic heterocycles. The van der Waals surface area contributed by atoms with Crippen LogP contribution in [-0.4, -0.2) is 31.8 Å². The molecule has 0 spiro atoms. The van der Waals surface area contributed by atoms with Crippen LogP contribution in [0, 0.1) is 15.9 Å². The normalized spacial score (nSPS) is 11.7. The third-order valence-corrected chi connectivity index (χ3v) is 6.14. The van der Waals surface area contributed by atoms with Crippen molar-refractivity contribution >= 4 is 26.5 Å². The molecule has 0 radical (unpaired) electrons. The fraction of sp³-hybridized carbons (Fsp3) is 0.158. The molecule has 7 nitrogen and oxygen atoms in total. The van der Waals surface area contributed by atoms with Gasteiger partial charge in [-0.05, 0) is 46.7 Å². The van der Waals surface area contributed by atoms with Gasteiger partial charge in [-0.15, -0.1) is 0 Å². The summed E-state index contributed by atoms with van der Waals surface area (Å²) in [5.41, 5.74) is -0.144. The van der Waals surface area contributed by atoms with Crippen LogP contribution in [0.3, 0.4) is 0 Å². The van der Waals surface area contributed by atoms with Crippen LogP contribution in [0.15, 0.2) is 59.5 Å². The first kappa shape index (κ1) is 19.7. The summed E-state index contributed by atoms with van der Waals surface area (Å²) in [5, 5.41) is 12.7. The Balaban J connectivity index is 1.89. The number of fused-ring (bicyclic) bond motifs is 1. The molecule has 0 fully saturated rings. The van der Waals surface area contributed by atoms with E-state index in [9.17, 15) is 22.9 Å². The molecule has 0 heterocycles. The SMILES string of the molecule is COc1ccc2cc(CN(C)S(=O)(=O)c3ccc(F)c([N+](=O)[O-])c3)ccc2c1. The molecule has 0 amide bonds. The lowest BCUT2D eigenvalue weighted by Crippen LogP contribution is -2.26. The lowest BCUT2D eigenvalue weighted by atomic mass is 10.1. The van der Waals surface area contributed by atoms with Crippen LogP contribution in [0.4, 0.5) is 10.1 Å². The maximum absolute atomic E-state index is 13.5. The number of nitro groups is 1. The Hall–Kier alpha value is -3.04. The topological polar surface area (TPSA) is 89.8 Å². The zero-order valence-electron chi connectivity index (χ0n) is 15.1.